The second-order valence-corrected chi connectivity index (χ2v) is 10.6. The van der Waals surface area contributed by atoms with Gasteiger partial charge in [-0.1, -0.05) is 45.8 Å². The lowest BCUT2D eigenvalue weighted by atomic mass is 10.2. The van der Waals surface area contributed by atoms with Crippen molar-refractivity contribution in [2.45, 2.75) is 91.4 Å². The molecule has 0 aliphatic heterocycles. The van der Waals surface area contributed by atoms with Gasteiger partial charge in [-0.05, 0) is 58.8 Å². The topological polar surface area (TPSA) is 88.1 Å². The lowest BCUT2D eigenvalue weighted by Crippen LogP contribution is -2.06. The van der Waals surface area contributed by atoms with E-state index in [1.165, 1.54) is 0 Å². The molecule has 33 heavy (non-hydrogen) atoms. The molecule has 0 N–H and O–H groups in total. The molecule has 0 aliphatic carbocycles. The molecule has 192 valence electrons. The third-order valence-corrected chi connectivity index (χ3v) is 6.87. The van der Waals surface area contributed by atoms with Crippen molar-refractivity contribution in [1.29, 1.82) is 0 Å². The molecule has 0 spiro atoms. The van der Waals surface area contributed by atoms with Gasteiger partial charge in [0.15, 0.2) is 0 Å². The molecule has 0 fully saturated rings. The van der Waals surface area contributed by atoms with Crippen LogP contribution in [0.25, 0.3) is 0 Å². The highest BCUT2D eigenvalue weighted by atomic mass is 31.2. The van der Waals surface area contributed by atoms with Crippen molar-refractivity contribution in [3.63, 3.8) is 0 Å². The van der Waals surface area contributed by atoms with Crippen molar-refractivity contribution < 1.29 is 32.7 Å². The van der Waals surface area contributed by atoms with Crippen molar-refractivity contribution in [3.8, 4) is 0 Å². The zero-order valence-corrected chi connectivity index (χ0v) is 21.9. The van der Waals surface area contributed by atoms with Gasteiger partial charge < -0.3 is 18.5 Å². The molecular weight excluding hydrogens is 443 g/mol. The molecule has 0 rings (SSSR count). The van der Waals surface area contributed by atoms with Crippen LogP contribution in [-0.2, 0) is 32.7 Å². The first kappa shape index (κ1) is 31.6. The number of hydrogen-bond acceptors (Lipinski definition) is 7. The van der Waals surface area contributed by atoms with Crippen LogP contribution in [-0.4, -0.2) is 44.5 Å². The fourth-order valence-corrected chi connectivity index (χ4v) is 4.58. The maximum Gasteiger partial charge on any atom is 0.333 e. The smallest absolute Gasteiger partial charge is 0.333 e. The van der Waals surface area contributed by atoms with Crippen LogP contribution >= 0.6 is 7.60 Å². The molecule has 0 aliphatic rings. The SMILES string of the molecule is C=C(C)C(=O)OCCCCCCOP(=O)(CCCCC)OCCCCCCOC(=O)C(=C)C. The van der Waals surface area contributed by atoms with E-state index in [9.17, 15) is 14.2 Å². The molecule has 0 aromatic rings. The molecular formula is C25H45O7P. The largest absolute Gasteiger partial charge is 0.462 e. The first-order chi connectivity index (χ1) is 15.7. The molecule has 7 nitrogen and oxygen atoms in total. The molecule has 0 amide bonds. The summed E-state index contributed by atoms with van der Waals surface area (Å²) in [7, 11) is -3.08. The minimum Gasteiger partial charge on any atom is -0.462 e. The maximum atomic E-state index is 13.1. The summed E-state index contributed by atoms with van der Waals surface area (Å²) in [6.07, 6.45) is 10.1. The van der Waals surface area contributed by atoms with Crippen LogP contribution in [0.15, 0.2) is 24.3 Å². The standard InChI is InChI=1S/C25H45O7P/c1-6-7-16-21-33(28,31-19-14-10-8-12-17-29-24(26)22(2)3)32-20-15-11-9-13-18-30-25(27)23(4)5/h2,4,6-21H2,1,3,5H3. The molecule has 0 aromatic heterocycles. The summed E-state index contributed by atoms with van der Waals surface area (Å²) in [6, 6.07) is 0. The number of ether oxygens (including phenoxy) is 2. The molecule has 0 unspecified atom stereocenters. The van der Waals surface area contributed by atoms with Crippen molar-refractivity contribution in [2.24, 2.45) is 0 Å². The molecule has 0 atom stereocenters. The Kier molecular flexibility index (Phi) is 19.1. The van der Waals surface area contributed by atoms with E-state index in [2.05, 4.69) is 20.1 Å². The van der Waals surface area contributed by atoms with Crippen LogP contribution in [0, 0.1) is 0 Å². The molecule has 0 heterocycles. The van der Waals surface area contributed by atoms with Gasteiger partial charge in [-0.3, -0.25) is 4.57 Å². The van der Waals surface area contributed by atoms with Crippen LogP contribution in [0.2, 0.25) is 0 Å². The highest BCUT2D eigenvalue weighted by molar-refractivity contribution is 7.53. The Labute approximate surface area is 200 Å². The summed E-state index contributed by atoms with van der Waals surface area (Å²) in [6.45, 7) is 14.1. The summed E-state index contributed by atoms with van der Waals surface area (Å²) < 4.78 is 34.6. The summed E-state index contributed by atoms with van der Waals surface area (Å²) in [5, 5.41) is 0. The van der Waals surface area contributed by atoms with Crippen LogP contribution in [0.5, 0.6) is 0 Å². The maximum absolute atomic E-state index is 13.1. The molecule has 0 saturated carbocycles. The van der Waals surface area contributed by atoms with E-state index in [1.807, 2.05) is 0 Å². The van der Waals surface area contributed by atoms with Gasteiger partial charge in [0.25, 0.3) is 0 Å². The first-order valence-electron chi connectivity index (χ1n) is 12.2. The van der Waals surface area contributed by atoms with Gasteiger partial charge in [-0.25, -0.2) is 9.59 Å². The minimum absolute atomic E-state index is 0.352. The van der Waals surface area contributed by atoms with E-state index < -0.39 is 7.60 Å². The molecule has 0 radical (unpaired) electrons. The highest BCUT2D eigenvalue weighted by Crippen LogP contribution is 2.49. The van der Waals surface area contributed by atoms with Crippen molar-refractivity contribution in [2.75, 3.05) is 32.6 Å². The average molecular weight is 489 g/mol. The Morgan fingerprint density at radius 3 is 1.39 bits per heavy atom. The number of carbonyl (C=O) groups is 2. The summed E-state index contributed by atoms with van der Waals surface area (Å²) >= 11 is 0. The monoisotopic (exact) mass is 488 g/mol. The van der Waals surface area contributed by atoms with E-state index >= 15 is 0 Å². The Hall–Kier alpha value is -1.43. The van der Waals surface area contributed by atoms with Gasteiger partial charge in [-0.15, -0.1) is 0 Å². The van der Waals surface area contributed by atoms with E-state index in [0.717, 1.165) is 70.6 Å². The Bertz CT molecular complexity index is 584. The number of esters is 2. The molecule has 0 aromatic carbocycles. The number of hydrogen-bond donors (Lipinski definition) is 0. The van der Waals surface area contributed by atoms with Gasteiger partial charge in [0.05, 0.1) is 32.6 Å². The Morgan fingerprint density at radius 1 is 0.636 bits per heavy atom. The highest BCUT2D eigenvalue weighted by Gasteiger charge is 2.23. The van der Waals surface area contributed by atoms with Crippen molar-refractivity contribution >= 4 is 19.5 Å². The number of rotatable bonds is 22. The predicted molar refractivity (Wildman–Crippen MR) is 132 cm³/mol. The zero-order chi connectivity index (χ0) is 25.0. The lowest BCUT2D eigenvalue weighted by Gasteiger charge is -2.18. The van der Waals surface area contributed by atoms with Crippen LogP contribution in [0.3, 0.4) is 0 Å². The third-order valence-electron chi connectivity index (χ3n) is 4.85. The van der Waals surface area contributed by atoms with Gasteiger partial charge in [0.1, 0.15) is 0 Å². The summed E-state index contributed by atoms with van der Waals surface area (Å²) in [4.78, 5) is 22.6. The average Bonchev–Trinajstić information content (AvgIpc) is 2.77. The fraction of sp³-hybridized carbons (Fsp3) is 0.760. The lowest BCUT2D eigenvalue weighted by molar-refractivity contribution is -0.139. The first-order valence-corrected chi connectivity index (χ1v) is 14.0. The summed E-state index contributed by atoms with van der Waals surface area (Å²) in [5.41, 5.74) is 0.817. The Morgan fingerprint density at radius 2 is 1.03 bits per heavy atom. The zero-order valence-electron chi connectivity index (χ0n) is 21.0. The second kappa shape index (κ2) is 20.0. The van der Waals surface area contributed by atoms with Crippen molar-refractivity contribution in [3.05, 3.63) is 24.3 Å². The van der Waals surface area contributed by atoms with E-state index in [0.29, 0.717) is 43.7 Å². The number of carbonyl (C=O) groups excluding carboxylic acids is 2. The second-order valence-electron chi connectivity index (χ2n) is 8.37. The van der Waals surface area contributed by atoms with Gasteiger partial charge in [0, 0.05) is 11.1 Å². The third kappa shape index (κ3) is 18.7. The van der Waals surface area contributed by atoms with Gasteiger partial charge in [-0.2, -0.15) is 0 Å². The minimum atomic E-state index is -3.08. The molecule has 0 bridgehead atoms. The van der Waals surface area contributed by atoms with Crippen LogP contribution in [0.4, 0.5) is 0 Å². The van der Waals surface area contributed by atoms with E-state index in [1.54, 1.807) is 13.8 Å². The predicted octanol–water partition coefficient (Wildman–Crippen LogP) is 6.76. The number of unbranched alkanes of at least 4 members (excludes halogenated alkanes) is 8. The molecule has 8 heteroatoms. The van der Waals surface area contributed by atoms with Gasteiger partial charge >= 0.3 is 19.5 Å². The van der Waals surface area contributed by atoms with Crippen molar-refractivity contribution in [1.82, 2.24) is 0 Å². The normalized spacial score (nSPS) is 11.2. The van der Waals surface area contributed by atoms with E-state index in [-0.39, 0.29) is 11.9 Å². The van der Waals surface area contributed by atoms with Crippen LogP contribution in [0.1, 0.15) is 91.4 Å². The van der Waals surface area contributed by atoms with Gasteiger partial charge in [0.2, 0.25) is 0 Å². The molecule has 0 saturated heterocycles. The van der Waals surface area contributed by atoms with E-state index in [4.69, 9.17) is 18.5 Å². The quantitative estimate of drug-likeness (QED) is 0.0719. The summed E-state index contributed by atoms with van der Waals surface area (Å²) in [5.74, 6) is -0.704. The Balaban J connectivity index is 4.00. The van der Waals surface area contributed by atoms with Crippen LogP contribution < -0.4 is 0 Å². The fourth-order valence-electron chi connectivity index (χ4n) is 2.82.